The fourth-order valence-corrected chi connectivity index (χ4v) is 3.60. The molecular weight excluding hydrogens is 328 g/mol. The summed E-state index contributed by atoms with van der Waals surface area (Å²) in [6, 6.07) is 14.8. The largest absolute Gasteiger partial charge is 0.508 e. The Kier molecular flexibility index (Phi) is 6.17. The standard InChI is InChI=1S/C22H28O4/c1-22(17-6-10-19(23)11-7-17,18-8-12-20(24)13-9-18)14-4-16-26-21-5-2-3-15-25-21/h6-13,21,23-24H,2-5,14-16H2,1H3. The number of hydrogen-bond acceptors (Lipinski definition) is 4. The molecule has 0 amide bonds. The monoisotopic (exact) mass is 356 g/mol. The Morgan fingerprint density at radius 3 is 2.04 bits per heavy atom. The lowest BCUT2D eigenvalue weighted by Gasteiger charge is -2.32. The number of benzene rings is 2. The molecule has 26 heavy (non-hydrogen) atoms. The van der Waals surface area contributed by atoms with Gasteiger partial charge in [0.1, 0.15) is 11.5 Å². The van der Waals surface area contributed by atoms with Crippen molar-refractivity contribution in [3.05, 3.63) is 59.7 Å². The molecule has 1 saturated heterocycles. The normalized spacial score (nSPS) is 18.0. The van der Waals surface area contributed by atoms with Crippen LogP contribution in [0.4, 0.5) is 0 Å². The molecular formula is C22H28O4. The van der Waals surface area contributed by atoms with Crippen LogP contribution in [-0.2, 0) is 14.9 Å². The molecule has 140 valence electrons. The zero-order valence-electron chi connectivity index (χ0n) is 15.4. The van der Waals surface area contributed by atoms with Crippen LogP contribution in [0.25, 0.3) is 0 Å². The van der Waals surface area contributed by atoms with Gasteiger partial charge >= 0.3 is 0 Å². The number of aromatic hydroxyl groups is 2. The highest BCUT2D eigenvalue weighted by molar-refractivity contribution is 5.42. The number of hydrogen-bond donors (Lipinski definition) is 2. The van der Waals surface area contributed by atoms with Crippen LogP contribution < -0.4 is 0 Å². The summed E-state index contributed by atoms with van der Waals surface area (Å²) >= 11 is 0. The molecule has 0 bridgehead atoms. The SMILES string of the molecule is CC(CCCOC1CCCCO1)(c1ccc(O)cc1)c1ccc(O)cc1. The van der Waals surface area contributed by atoms with Crippen LogP contribution in [0.3, 0.4) is 0 Å². The van der Waals surface area contributed by atoms with E-state index < -0.39 is 0 Å². The average molecular weight is 356 g/mol. The first-order valence-corrected chi connectivity index (χ1v) is 9.40. The van der Waals surface area contributed by atoms with Crippen LogP contribution in [0.2, 0.25) is 0 Å². The highest BCUT2D eigenvalue weighted by Gasteiger charge is 2.29. The Bertz CT molecular complexity index is 627. The lowest BCUT2D eigenvalue weighted by atomic mass is 9.73. The Morgan fingerprint density at radius 1 is 0.962 bits per heavy atom. The van der Waals surface area contributed by atoms with Gasteiger partial charge in [0.15, 0.2) is 6.29 Å². The molecule has 0 saturated carbocycles. The summed E-state index contributed by atoms with van der Waals surface area (Å²) < 4.78 is 11.5. The first-order chi connectivity index (χ1) is 12.6. The second-order valence-electron chi connectivity index (χ2n) is 7.20. The summed E-state index contributed by atoms with van der Waals surface area (Å²) in [6.45, 7) is 3.66. The van der Waals surface area contributed by atoms with Gasteiger partial charge in [0.2, 0.25) is 0 Å². The molecule has 1 unspecified atom stereocenters. The summed E-state index contributed by atoms with van der Waals surface area (Å²) in [6.07, 6.45) is 5.02. The Labute approximate surface area is 155 Å². The highest BCUT2D eigenvalue weighted by atomic mass is 16.7. The lowest BCUT2D eigenvalue weighted by molar-refractivity contribution is -0.163. The smallest absolute Gasteiger partial charge is 0.157 e. The number of phenols is 2. The molecule has 0 aromatic heterocycles. The van der Waals surface area contributed by atoms with Gasteiger partial charge in [-0.2, -0.15) is 0 Å². The van der Waals surface area contributed by atoms with Gasteiger partial charge in [0.05, 0.1) is 0 Å². The van der Waals surface area contributed by atoms with E-state index in [4.69, 9.17) is 9.47 Å². The number of phenolic OH excluding ortho intramolecular Hbond substituents is 2. The fraction of sp³-hybridized carbons (Fsp3) is 0.455. The lowest BCUT2D eigenvalue weighted by Crippen LogP contribution is -2.26. The molecule has 1 aliphatic rings. The first-order valence-electron chi connectivity index (χ1n) is 9.40. The van der Waals surface area contributed by atoms with Crippen molar-refractivity contribution in [1.29, 1.82) is 0 Å². The van der Waals surface area contributed by atoms with Crippen LogP contribution in [-0.4, -0.2) is 29.7 Å². The van der Waals surface area contributed by atoms with Crippen molar-refractivity contribution in [1.82, 2.24) is 0 Å². The second kappa shape index (κ2) is 8.56. The van der Waals surface area contributed by atoms with Crippen LogP contribution >= 0.6 is 0 Å². The topological polar surface area (TPSA) is 58.9 Å². The summed E-state index contributed by atoms with van der Waals surface area (Å²) in [4.78, 5) is 0. The van der Waals surface area contributed by atoms with E-state index in [1.165, 1.54) is 6.42 Å². The quantitative estimate of drug-likeness (QED) is 0.704. The summed E-state index contributed by atoms with van der Waals surface area (Å²) in [5.41, 5.74) is 2.04. The van der Waals surface area contributed by atoms with E-state index in [1.54, 1.807) is 24.3 Å². The molecule has 2 aromatic rings. The fourth-order valence-electron chi connectivity index (χ4n) is 3.60. The summed E-state index contributed by atoms with van der Waals surface area (Å²) in [7, 11) is 0. The predicted octanol–water partition coefficient (Wildman–Crippen LogP) is 4.73. The van der Waals surface area contributed by atoms with Gasteiger partial charge in [-0.05, 0) is 67.5 Å². The molecule has 1 atom stereocenters. The molecule has 1 fully saturated rings. The second-order valence-corrected chi connectivity index (χ2v) is 7.20. The molecule has 0 aliphatic carbocycles. The molecule has 0 radical (unpaired) electrons. The Balaban J connectivity index is 1.70. The Hall–Kier alpha value is -2.04. The minimum Gasteiger partial charge on any atom is -0.508 e. The third-order valence-electron chi connectivity index (χ3n) is 5.27. The maximum absolute atomic E-state index is 9.62. The average Bonchev–Trinajstić information content (AvgIpc) is 2.67. The summed E-state index contributed by atoms with van der Waals surface area (Å²) in [5, 5.41) is 19.2. The van der Waals surface area contributed by atoms with Crippen LogP contribution in [0.1, 0.15) is 50.2 Å². The van der Waals surface area contributed by atoms with Gasteiger partial charge in [-0.3, -0.25) is 0 Å². The molecule has 4 nitrogen and oxygen atoms in total. The van der Waals surface area contributed by atoms with Crippen LogP contribution in [0.5, 0.6) is 11.5 Å². The van der Waals surface area contributed by atoms with E-state index in [0.29, 0.717) is 6.61 Å². The molecule has 2 aromatic carbocycles. The summed E-state index contributed by atoms with van der Waals surface area (Å²) in [5.74, 6) is 0.527. The maximum Gasteiger partial charge on any atom is 0.157 e. The third-order valence-corrected chi connectivity index (χ3v) is 5.27. The minimum atomic E-state index is -0.224. The molecule has 4 heteroatoms. The molecule has 0 spiro atoms. The van der Waals surface area contributed by atoms with Crippen molar-refractivity contribution in [3.8, 4) is 11.5 Å². The van der Waals surface area contributed by atoms with Gasteiger partial charge < -0.3 is 19.7 Å². The van der Waals surface area contributed by atoms with E-state index in [9.17, 15) is 10.2 Å². The van der Waals surface area contributed by atoms with Crippen LogP contribution in [0.15, 0.2) is 48.5 Å². The van der Waals surface area contributed by atoms with E-state index >= 15 is 0 Å². The van der Waals surface area contributed by atoms with Gasteiger partial charge in [0, 0.05) is 18.6 Å². The van der Waals surface area contributed by atoms with Crippen molar-refractivity contribution >= 4 is 0 Å². The van der Waals surface area contributed by atoms with Crippen molar-refractivity contribution in [3.63, 3.8) is 0 Å². The third kappa shape index (κ3) is 4.57. The van der Waals surface area contributed by atoms with E-state index in [-0.39, 0.29) is 23.2 Å². The van der Waals surface area contributed by atoms with Crippen molar-refractivity contribution in [2.75, 3.05) is 13.2 Å². The Morgan fingerprint density at radius 2 is 1.54 bits per heavy atom. The van der Waals surface area contributed by atoms with Gasteiger partial charge in [-0.15, -0.1) is 0 Å². The molecule has 1 aliphatic heterocycles. The van der Waals surface area contributed by atoms with Gasteiger partial charge in [-0.25, -0.2) is 0 Å². The van der Waals surface area contributed by atoms with Crippen molar-refractivity contribution in [2.24, 2.45) is 0 Å². The van der Waals surface area contributed by atoms with Crippen molar-refractivity contribution in [2.45, 2.75) is 50.7 Å². The van der Waals surface area contributed by atoms with E-state index in [1.807, 2.05) is 24.3 Å². The van der Waals surface area contributed by atoms with Crippen molar-refractivity contribution < 1.29 is 19.7 Å². The predicted molar refractivity (Wildman–Crippen MR) is 101 cm³/mol. The first kappa shape index (κ1) is 18.7. The minimum absolute atomic E-state index is 0.0580. The van der Waals surface area contributed by atoms with Gasteiger partial charge in [-0.1, -0.05) is 31.2 Å². The maximum atomic E-state index is 9.62. The van der Waals surface area contributed by atoms with Gasteiger partial charge in [0.25, 0.3) is 0 Å². The molecule has 1 heterocycles. The van der Waals surface area contributed by atoms with E-state index in [0.717, 1.165) is 43.4 Å². The number of rotatable bonds is 7. The molecule has 3 rings (SSSR count). The molecule has 2 N–H and O–H groups in total. The van der Waals surface area contributed by atoms with E-state index in [2.05, 4.69) is 6.92 Å². The highest BCUT2D eigenvalue weighted by Crippen LogP contribution is 2.37. The zero-order chi connectivity index (χ0) is 18.4. The number of ether oxygens (including phenoxy) is 2. The van der Waals surface area contributed by atoms with Crippen LogP contribution in [0, 0.1) is 0 Å². The zero-order valence-corrected chi connectivity index (χ0v) is 15.4.